The van der Waals surface area contributed by atoms with E-state index in [4.69, 9.17) is 4.74 Å². The molecule has 4 rings (SSSR count). The Morgan fingerprint density at radius 2 is 1.84 bits per heavy atom. The third kappa shape index (κ3) is 7.70. The lowest BCUT2D eigenvalue weighted by atomic mass is 10.1. The summed E-state index contributed by atoms with van der Waals surface area (Å²) in [6.45, 7) is 5.45. The molecule has 0 saturated carbocycles. The van der Waals surface area contributed by atoms with Crippen LogP contribution in [0.15, 0.2) is 42.7 Å². The first-order chi connectivity index (χ1) is 20.3. The molecule has 0 spiro atoms. The second kappa shape index (κ2) is 12.8. The van der Waals surface area contributed by atoms with Crippen LogP contribution in [0.25, 0.3) is 16.9 Å². The number of aromatic nitrogens is 5. The summed E-state index contributed by atoms with van der Waals surface area (Å²) >= 11 is 0. The summed E-state index contributed by atoms with van der Waals surface area (Å²) in [5.41, 5.74) is 4.53. The number of amides is 1. The quantitative estimate of drug-likeness (QED) is 0.270. The van der Waals surface area contributed by atoms with E-state index in [0.29, 0.717) is 23.5 Å². The Bertz CT molecular complexity index is 1600. The second-order valence-corrected chi connectivity index (χ2v) is 10.5. The molecule has 0 fully saturated rings. The molecule has 0 aliphatic heterocycles. The Balaban J connectivity index is 1.65. The molecule has 2 aromatic heterocycles. The van der Waals surface area contributed by atoms with E-state index in [1.54, 1.807) is 40.0 Å². The molecule has 1 N–H and O–H groups in total. The Morgan fingerprint density at radius 1 is 1.09 bits per heavy atom. The summed E-state index contributed by atoms with van der Waals surface area (Å²) in [5, 5.41) is 15.5. The SMILES string of the molecule is COc1c(CN(C)CCN(C)C)cc(OC(F)(F)F)cc1NC(=O)c1ccc(C)c(-n2cc(-c3cnn(C)c3C)nn2)c1. The van der Waals surface area contributed by atoms with E-state index in [2.05, 4.69) is 25.5 Å². The monoisotopic (exact) mass is 600 g/mol. The number of hydrogen-bond donors (Lipinski definition) is 1. The van der Waals surface area contributed by atoms with Crippen molar-refractivity contribution in [2.45, 2.75) is 26.8 Å². The highest BCUT2D eigenvalue weighted by Crippen LogP contribution is 2.37. The molecule has 230 valence electrons. The van der Waals surface area contributed by atoms with Gasteiger partial charge in [-0.05, 0) is 58.8 Å². The number of benzene rings is 2. The minimum absolute atomic E-state index is 0.0440. The third-order valence-corrected chi connectivity index (χ3v) is 6.92. The predicted molar refractivity (Wildman–Crippen MR) is 156 cm³/mol. The molecule has 0 atom stereocenters. The average Bonchev–Trinajstić information content (AvgIpc) is 3.53. The fourth-order valence-electron chi connectivity index (χ4n) is 4.49. The number of anilines is 1. The van der Waals surface area contributed by atoms with Crippen LogP contribution in [0.3, 0.4) is 0 Å². The molecule has 2 heterocycles. The Kier molecular flexibility index (Phi) is 9.40. The zero-order chi connectivity index (χ0) is 31.5. The van der Waals surface area contributed by atoms with E-state index in [1.807, 2.05) is 51.8 Å². The summed E-state index contributed by atoms with van der Waals surface area (Å²) in [4.78, 5) is 17.4. The van der Waals surface area contributed by atoms with E-state index >= 15 is 0 Å². The number of hydrogen-bond acceptors (Lipinski definition) is 8. The third-order valence-electron chi connectivity index (χ3n) is 6.92. The number of nitrogens with zero attached hydrogens (tertiary/aromatic N) is 7. The number of likely N-dealkylation sites (N-methyl/N-ethyl adjacent to an activating group) is 2. The van der Waals surface area contributed by atoms with Gasteiger partial charge in [0.05, 0.1) is 30.9 Å². The molecule has 2 aromatic carbocycles. The number of methoxy groups -OCH3 is 1. The number of alkyl halides is 3. The smallest absolute Gasteiger partial charge is 0.494 e. The lowest BCUT2D eigenvalue weighted by Crippen LogP contribution is -2.28. The summed E-state index contributed by atoms with van der Waals surface area (Å²) in [7, 11) is 8.94. The van der Waals surface area contributed by atoms with Crippen LogP contribution in [-0.2, 0) is 13.6 Å². The Labute approximate surface area is 247 Å². The number of halogens is 3. The van der Waals surface area contributed by atoms with Crippen molar-refractivity contribution < 1.29 is 27.4 Å². The van der Waals surface area contributed by atoms with Crippen LogP contribution >= 0.6 is 0 Å². The Morgan fingerprint density at radius 3 is 2.47 bits per heavy atom. The molecule has 14 heteroatoms. The van der Waals surface area contributed by atoms with Gasteiger partial charge in [-0.15, -0.1) is 18.3 Å². The van der Waals surface area contributed by atoms with Gasteiger partial charge in [0.1, 0.15) is 17.2 Å². The largest absolute Gasteiger partial charge is 0.573 e. The van der Waals surface area contributed by atoms with Crippen molar-refractivity contribution in [2.24, 2.45) is 7.05 Å². The lowest BCUT2D eigenvalue weighted by Gasteiger charge is -2.23. The van der Waals surface area contributed by atoms with Gasteiger partial charge in [-0.3, -0.25) is 9.48 Å². The van der Waals surface area contributed by atoms with E-state index in [-0.39, 0.29) is 23.5 Å². The summed E-state index contributed by atoms with van der Waals surface area (Å²) in [5.74, 6) is -0.788. The van der Waals surface area contributed by atoms with Crippen molar-refractivity contribution in [3.05, 3.63) is 65.1 Å². The van der Waals surface area contributed by atoms with Crippen LogP contribution in [0.1, 0.15) is 27.2 Å². The van der Waals surface area contributed by atoms with Crippen LogP contribution < -0.4 is 14.8 Å². The fourth-order valence-corrected chi connectivity index (χ4v) is 4.49. The average molecular weight is 601 g/mol. The van der Waals surface area contributed by atoms with Crippen molar-refractivity contribution in [1.29, 1.82) is 0 Å². The molecule has 4 aromatic rings. The molecule has 1 amide bonds. The maximum atomic E-state index is 13.5. The highest BCUT2D eigenvalue weighted by Gasteiger charge is 2.32. The summed E-state index contributed by atoms with van der Waals surface area (Å²) in [6.07, 6.45) is -1.46. The summed E-state index contributed by atoms with van der Waals surface area (Å²) in [6, 6.07) is 7.38. The van der Waals surface area contributed by atoms with Gasteiger partial charge >= 0.3 is 6.36 Å². The van der Waals surface area contributed by atoms with Crippen LogP contribution in [0.5, 0.6) is 11.5 Å². The van der Waals surface area contributed by atoms with Gasteiger partial charge in [-0.25, -0.2) is 4.68 Å². The molecule has 43 heavy (non-hydrogen) atoms. The molecule has 11 nitrogen and oxygen atoms in total. The minimum atomic E-state index is -4.92. The normalized spacial score (nSPS) is 11.8. The van der Waals surface area contributed by atoms with Crippen LogP contribution in [0.4, 0.5) is 18.9 Å². The maximum Gasteiger partial charge on any atom is 0.573 e. The highest BCUT2D eigenvalue weighted by molar-refractivity contribution is 6.05. The van der Waals surface area contributed by atoms with E-state index in [1.165, 1.54) is 13.2 Å². The van der Waals surface area contributed by atoms with Gasteiger partial charge in [0, 0.05) is 55.1 Å². The van der Waals surface area contributed by atoms with Crippen LogP contribution in [0, 0.1) is 13.8 Å². The number of nitrogens with one attached hydrogen (secondary N) is 1. The lowest BCUT2D eigenvalue weighted by molar-refractivity contribution is -0.274. The molecule has 0 aliphatic carbocycles. The van der Waals surface area contributed by atoms with Crippen molar-refractivity contribution in [3.8, 4) is 28.4 Å². The predicted octanol–water partition coefficient (Wildman–Crippen LogP) is 4.44. The zero-order valence-electron chi connectivity index (χ0n) is 25.2. The number of aryl methyl sites for hydroxylation is 2. The fraction of sp³-hybridized carbons (Fsp3) is 0.379. The number of ether oxygens (including phenoxy) is 2. The molecule has 0 saturated heterocycles. The molecule has 0 unspecified atom stereocenters. The van der Waals surface area contributed by atoms with Gasteiger partial charge in [0.15, 0.2) is 0 Å². The molecular formula is C29H35F3N8O3. The molecule has 0 aliphatic rings. The molecule has 0 radical (unpaired) electrons. The van der Waals surface area contributed by atoms with Gasteiger partial charge in [-0.2, -0.15) is 5.10 Å². The first kappa shape index (κ1) is 31.5. The van der Waals surface area contributed by atoms with Crippen LogP contribution in [-0.4, -0.2) is 88.2 Å². The number of carbonyl (C=O) groups is 1. The van der Waals surface area contributed by atoms with E-state index < -0.39 is 18.0 Å². The second-order valence-electron chi connectivity index (χ2n) is 10.5. The first-order valence-electron chi connectivity index (χ1n) is 13.4. The molecule has 0 bridgehead atoms. The van der Waals surface area contributed by atoms with Gasteiger partial charge in [0.2, 0.25) is 0 Å². The maximum absolute atomic E-state index is 13.5. The van der Waals surface area contributed by atoms with Crippen molar-refractivity contribution in [3.63, 3.8) is 0 Å². The van der Waals surface area contributed by atoms with Gasteiger partial charge in [0.25, 0.3) is 5.91 Å². The van der Waals surface area contributed by atoms with Gasteiger partial charge in [-0.1, -0.05) is 11.3 Å². The standard InChI is InChI=1S/C29H35F3N8O3/c1-18-8-9-20(13-26(18)40-17-25(35-36-40)23-15-33-39(6)19(23)2)28(41)34-24-14-22(43-29(30,31)32)12-21(27(24)42-7)16-38(5)11-10-37(3)4/h8-9,12-15,17H,10-11,16H2,1-7H3,(H,34,41). The van der Waals surface area contributed by atoms with Crippen LogP contribution in [0.2, 0.25) is 0 Å². The topological polar surface area (TPSA) is 103 Å². The van der Waals surface area contributed by atoms with Gasteiger partial charge < -0.3 is 24.6 Å². The van der Waals surface area contributed by atoms with E-state index in [9.17, 15) is 18.0 Å². The minimum Gasteiger partial charge on any atom is -0.494 e. The van der Waals surface area contributed by atoms with Crippen molar-refractivity contribution in [2.75, 3.05) is 46.7 Å². The van der Waals surface area contributed by atoms with Crippen molar-refractivity contribution in [1.82, 2.24) is 34.6 Å². The summed E-state index contributed by atoms with van der Waals surface area (Å²) < 4.78 is 52.7. The zero-order valence-corrected chi connectivity index (χ0v) is 25.2. The Hall–Kier alpha value is -4.43. The first-order valence-corrected chi connectivity index (χ1v) is 13.4. The number of rotatable bonds is 11. The highest BCUT2D eigenvalue weighted by atomic mass is 19.4. The molecular weight excluding hydrogens is 565 g/mol. The number of carbonyl (C=O) groups excluding carboxylic acids is 1. The van der Waals surface area contributed by atoms with Crippen molar-refractivity contribution >= 4 is 11.6 Å². The van der Waals surface area contributed by atoms with E-state index in [0.717, 1.165) is 29.4 Å².